The molecule has 0 saturated carbocycles. The fraction of sp³-hybridized carbons (Fsp3) is 0.133. The maximum absolute atomic E-state index is 11.8. The SMILES string of the molecule is Cc1cc(N)cc(C(=O)OCc2ccccc2)c1. The second-order valence-corrected chi connectivity index (χ2v) is 4.19. The van der Waals surface area contributed by atoms with Gasteiger partial charge in [0.1, 0.15) is 6.61 Å². The molecule has 0 heterocycles. The van der Waals surface area contributed by atoms with E-state index in [1.165, 1.54) is 0 Å². The molecule has 2 N–H and O–H groups in total. The van der Waals surface area contributed by atoms with Crippen LogP contribution in [0.5, 0.6) is 0 Å². The number of rotatable bonds is 3. The van der Waals surface area contributed by atoms with Crippen molar-refractivity contribution in [3.8, 4) is 0 Å². The lowest BCUT2D eigenvalue weighted by Crippen LogP contribution is -2.06. The van der Waals surface area contributed by atoms with Crippen LogP contribution >= 0.6 is 0 Å². The van der Waals surface area contributed by atoms with E-state index in [0.29, 0.717) is 11.3 Å². The lowest BCUT2D eigenvalue weighted by atomic mass is 10.1. The molecule has 0 aromatic heterocycles. The van der Waals surface area contributed by atoms with E-state index >= 15 is 0 Å². The van der Waals surface area contributed by atoms with Gasteiger partial charge in [-0.15, -0.1) is 0 Å². The normalized spacial score (nSPS) is 10.1. The maximum Gasteiger partial charge on any atom is 0.338 e. The maximum atomic E-state index is 11.8. The molecular formula is C15H15NO2. The Bertz CT molecular complexity index is 529. The summed E-state index contributed by atoms with van der Waals surface area (Å²) in [6.45, 7) is 2.16. The van der Waals surface area contributed by atoms with Crippen LogP contribution in [0.15, 0.2) is 48.5 Å². The Balaban J connectivity index is 2.04. The molecule has 0 bridgehead atoms. The molecule has 0 aliphatic rings. The Kier molecular flexibility index (Phi) is 3.63. The zero-order valence-corrected chi connectivity index (χ0v) is 10.2. The zero-order valence-electron chi connectivity index (χ0n) is 10.2. The molecule has 18 heavy (non-hydrogen) atoms. The van der Waals surface area contributed by atoms with E-state index in [2.05, 4.69) is 0 Å². The van der Waals surface area contributed by atoms with E-state index in [1.54, 1.807) is 12.1 Å². The Morgan fingerprint density at radius 3 is 2.56 bits per heavy atom. The van der Waals surface area contributed by atoms with Gasteiger partial charge in [0.05, 0.1) is 5.56 Å². The summed E-state index contributed by atoms with van der Waals surface area (Å²) >= 11 is 0. The fourth-order valence-electron chi connectivity index (χ4n) is 1.74. The summed E-state index contributed by atoms with van der Waals surface area (Å²) < 4.78 is 5.23. The molecule has 0 unspecified atom stereocenters. The molecule has 0 spiro atoms. The lowest BCUT2D eigenvalue weighted by molar-refractivity contribution is 0.0472. The van der Waals surface area contributed by atoms with Gasteiger partial charge in [-0.3, -0.25) is 0 Å². The lowest BCUT2D eigenvalue weighted by Gasteiger charge is -2.06. The van der Waals surface area contributed by atoms with Crippen LogP contribution in [0.2, 0.25) is 0 Å². The molecule has 3 nitrogen and oxygen atoms in total. The van der Waals surface area contributed by atoms with Crippen molar-refractivity contribution in [3.63, 3.8) is 0 Å². The van der Waals surface area contributed by atoms with Crippen LogP contribution in [0.4, 0.5) is 5.69 Å². The van der Waals surface area contributed by atoms with Gasteiger partial charge in [0.2, 0.25) is 0 Å². The summed E-state index contributed by atoms with van der Waals surface area (Å²) in [7, 11) is 0. The number of nitrogen functional groups attached to an aromatic ring is 1. The number of carbonyl (C=O) groups excluding carboxylic acids is 1. The number of hydrogen-bond acceptors (Lipinski definition) is 3. The fourth-order valence-corrected chi connectivity index (χ4v) is 1.74. The molecule has 3 heteroatoms. The minimum Gasteiger partial charge on any atom is -0.457 e. The average Bonchev–Trinajstić information content (AvgIpc) is 2.36. The summed E-state index contributed by atoms with van der Waals surface area (Å²) in [5.74, 6) is -0.353. The molecule has 0 amide bonds. The number of carbonyl (C=O) groups is 1. The first-order chi connectivity index (χ1) is 8.65. The van der Waals surface area contributed by atoms with E-state index in [1.807, 2.05) is 43.3 Å². The first-order valence-corrected chi connectivity index (χ1v) is 5.73. The van der Waals surface area contributed by atoms with Crippen LogP contribution in [0.25, 0.3) is 0 Å². The largest absolute Gasteiger partial charge is 0.457 e. The van der Waals surface area contributed by atoms with Gasteiger partial charge in [0.25, 0.3) is 0 Å². The van der Waals surface area contributed by atoms with Crippen LogP contribution in [-0.4, -0.2) is 5.97 Å². The van der Waals surface area contributed by atoms with Gasteiger partial charge in [-0.2, -0.15) is 0 Å². The zero-order chi connectivity index (χ0) is 13.0. The highest BCUT2D eigenvalue weighted by molar-refractivity contribution is 5.90. The molecule has 0 aliphatic carbocycles. The van der Waals surface area contributed by atoms with E-state index in [0.717, 1.165) is 11.1 Å². The summed E-state index contributed by atoms with van der Waals surface area (Å²) in [6, 6.07) is 14.8. The third-order valence-electron chi connectivity index (χ3n) is 2.55. The van der Waals surface area contributed by atoms with Crippen molar-refractivity contribution in [3.05, 3.63) is 65.2 Å². The van der Waals surface area contributed by atoms with E-state index < -0.39 is 0 Å². The summed E-state index contributed by atoms with van der Waals surface area (Å²) in [4.78, 5) is 11.8. The number of anilines is 1. The van der Waals surface area contributed by atoms with Crippen molar-refractivity contribution in [2.24, 2.45) is 0 Å². The van der Waals surface area contributed by atoms with Crippen molar-refractivity contribution in [1.82, 2.24) is 0 Å². The van der Waals surface area contributed by atoms with Crippen molar-refractivity contribution >= 4 is 11.7 Å². The minimum atomic E-state index is -0.353. The van der Waals surface area contributed by atoms with Gasteiger partial charge >= 0.3 is 5.97 Å². The molecule has 0 fully saturated rings. The van der Waals surface area contributed by atoms with Crippen LogP contribution in [0.1, 0.15) is 21.5 Å². The van der Waals surface area contributed by atoms with Crippen molar-refractivity contribution in [2.45, 2.75) is 13.5 Å². The van der Waals surface area contributed by atoms with Crippen LogP contribution in [-0.2, 0) is 11.3 Å². The Labute approximate surface area is 106 Å². The highest BCUT2D eigenvalue weighted by Crippen LogP contribution is 2.13. The Morgan fingerprint density at radius 2 is 1.89 bits per heavy atom. The molecular weight excluding hydrogens is 226 g/mol. The van der Waals surface area contributed by atoms with Crippen LogP contribution in [0, 0.1) is 6.92 Å². The molecule has 0 saturated heterocycles. The molecule has 2 rings (SSSR count). The van der Waals surface area contributed by atoms with Crippen molar-refractivity contribution < 1.29 is 9.53 Å². The third-order valence-corrected chi connectivity index (χ3v) is 2.55. The number of ether oxygens (including phenoxy) is 1. The number of benzene rings is 2. The van der Waals surface area contributed by atoms with Gasteiger partial charge in [0, 0.05) is 5.69 Å². The minimum absolute atomic E-state index is 0.271. The predicted octanol–water partition coefficient (Wildman–Crippen LogP) is 2.93. The molecule has 0 aliphatic heterocycles. The van der Waals surface area contributed by atoms with Gasteiger partial charge < -0.3 is 10.5 Å². The number of nitrogens with two attached hydrogens (primary N) is 1. The summed E-state index contributed by atoms with van der Waals surface area (Å²) in [6.07, 6.45) is 0. The van der Waals surface area contributed by atoms with Crippen molar-refractivity contribution in [1.29, 1.82) is 0 Å². The van der Waals surface area contributed by atoms with E-state index in [4.69, 9.17) is 10.5 Å². The smallest absolute Gasteiger partial charge is 0.338 e. The molecule has 0 radical (unpaired) electrons. The van der Waals surface area contributed by atoms with Crippen molar-refractivity contribution in [2.75, 3.05) is 5.73 Å². The second kappa shape index (κ2) is 5.36. The highest BCUT2D eigenvalue weighted by Gasteiger charge is 2.08. The first kappa shape index (κ1) is 12.2. The summed E-state index contributed by atoms with van der Waals surface area (Å²) in [5, 5.41) is 0. The van der Waals surface area contributed by atoms with Gasteiger partial charge in [0.15, 0.2) is 0 Å². The summed E-state index contributed by atoms with van der Waals surface area (Å²) in [5.41, 5.74) is 8.67. The molecule has 2 aromatic rings. The quantitative estimate of drug-likeness (QED) is 0.664. The van der Waals surface area contributed by atoms with Crippen LogP contribution in [0.3, 0.4) is 0 Å². The topological polar surface area (TPSA) is 52.3 Å². The number of aryl methyl sites for hydroxylation is 1. The average molecular weight is 241 g/mol. The van der Waals surface area contributed by atoms with E-state index in [-0.39, 0.29) is 12.6 Å². The van der Waals surface area contributed by atoms with Gasteiger partial charge in [-0.25, -0.2) is 4.79 Å². The second-order valence-electron chi connectivity index (χ2n) is 4.19. The Morgan fingerprint density at radius 1 is 1.17 bits per heavy atom. The highest BCUT2D eigenvalue weighted by atomic mass is 16.5. The van der Waals surface area contributed by atoms with Gasteiger partial charge in [-0.1, -0.05) is 30.3 Å². The molecule has 92 valence electrons. The molecule has 2 aromatic carbocycles. The number of esters is 1. The standard InChI is InChI=1S/C15H15NO2/c1-11-7-13(9-14(16)8-11)15(17)18-10-12-5-3-2-4-6-12/h2-9H,10,16H2,1H3. The Hall–Kier alpha value is -2.29. The predicted molar refractivity (Wildman–Crippen MR) is 71.2 cm³/mol. The number of hydrogen-bond donors (Lipinski definition) is 1. The monoisotopic (exact) mass is 241 g/mol. The van der Waals surface area contributed by atoms with E-state index in [9.17, 15) is 4.79 Å². The first-order valence-electron chi connectivity index (χ1n) is 5.73. The van der Waals surface area contributed by atoms with Gasteiger partial charge in [-0.05, 0) is 36.2 Å². The molecule has 0 atom stereocenters. The van der Waals surface area contributed by atoms with Crippen LogP contribution < -0.4 is 5.73 Å². The third kappa shape index (κ3) is 3.10.